The number of nitrogens with zero attached hydrogens (tertiary/aromatic N) is 1. The molecule has 0 unspecified atom stereocenters. The monoisotopic (exact) mass is 138 g/mol. The van der Waals surface area contributed by atoms with Crippen molar-refractivity contribution in [1.82, 2.24) is 0 Å². The van der Waals surface area contributed by atoms with Crippen LogP contribution in [0.5, 0.6) is 0 Å². The number of hydrogen-bond acceptors (Lipinski definition) is 2. The van der Waals surface area contributed by atoms with E-state index in [9.17, 15) is 0 Å². The summed E-state index contributed by atoms with van der Waals surface area (Å²) in [6.45, 7) is 6.16. The van der Waals surface area contributed by atoms with Gasteiger partial charge in [-0.05, 0) is 25.5 Å². The van der Waals surface area contributed by atoms with Crippen molar-refractivity contribution < 1.29 is 0 Å². The molecule has 0 radical (unpaired) electrons. The standard InChI is InChI=1S/C8H14N2/c1-3-8(5-6-9)7-10-4-2/h3-4,7H,1,5-6,9H2,2H3. The Bertz CT molecular complexity index is 145. The van der Waals surface area contributed by atoms with Crippen LogP contribution in [0.4, 0.5) is 0 Å². The van der Waals surface area contributed by atoms with Crippen LogP contribution in [-0.2, 0) is 0 Å². The van der Waals surface area contributed by atoms with Crippen LogP contribution in [0.25, 0.3) is 0 Å². The van der Waals surface area contributed by atoms with Crippen molar-refractivity contribution in [1.29, 1.82) is 0 Å². The van der Waals surface area contributed by atoms with Crippen molar-refractivity contribution in [2.24, 2.45) is 10.7 Å². The maximum atomic E-state index is 5.34. The van der Waals surface area contributed by atoms with Gasteiger partial charge in [-0.3, -0.25) is 4.99 Å². The fourth-order valence-corrected chi connectivity index (χ4v) is 0.556. The van der Waals surface area contributed by atoms with Crippen molar-refractivity contribution in [3.05, 3.63) is 24.4 Å². The molecule has 2 heteroatoms. The van der Waals surface area contributed by atoms with Crippen LogP contribution in [0.1, 0.15) is 13.3 Å². The molecule has 0 heterocycles. The van der Waals surface area contributed by atoms with E-state index in [-0.39, 0.29) is 0 Å². The van der Waals surface area contributed by atoms with Gasteiger partial charge in [0.05, 0.1) is 0 Å². The molecule has 0 saturated heterocycles. The second-order valence-corrected chi connectivity index (χ2v) is 1.85. The number of nitrogens with two attached hydrogens (primary N) is 1. The molecule has 0 aliphatic heterocycles. The van der Waals surface area contributed by atoms with E-state index >= 15 is 0 Å². The molecule has 0 spiro atoms. The average Bonchev–Trinajstić information content (AvgIpc) is 1.98. The second kappa shape index (κ2) is 6.23. The Labute approximate surface area is 62.1 Å². The van der Waals surface area contributed by atoms with Gasteiger partial charge in [0.2, 0.25) is 0 Å². The summed E-state index contributed by atoms with van der Waals surface area (Å²) in [4.78, 5) is 3.95. The van der Waals surface area contributed by atoms with Crippen molar-refractivity contribution in [3.8, 4) is 0 Å². The molecule has 56 valence electrons. The molecule has 0 atom stereocenters. The van der Waals surface area contributed by atoms with Gasteiger partial charge in [0.1, 0.15) is 0 Å². The van der Waals surface area contributed by atoms with E-state index in [1.165, 1.54) is 0 Å². The van der Waals surface area contributed by atoms with Gasteiger partial charge < -0.3 is 5.73 Å². The lowest BCUT2D eigenvalue weighted by Crippen LogP contribution is -1.98. The Morgan fingerprint density at radius 3 is 2.80 bits per heavy atom. The molecule has 0 amide bonds. The summed E-state index contributed by atoms with van der Waals surface area (Å²) in [5, 5.41) is 0. The van der Waals surface area contributed by atoms with Crippen LogP contribution in [0.3, 0.4) is 0 Å². The Hall–Kier alpha value is -0.890. The largest absolute Gasteiger partial charge is 0.330 e. The fourth-order valence-electron chi connectivity index (χ4n) is 0.556. The fraction of sp³-hybridized carbons (Fsp3) is 0.375. The highest BCUT2D eigenvalue weighted by atomic mass is 14.7. The summed E-state index contributed by atoms with van der Waals surface area (Å²) in [5.41, 5.74) is 6.42. The number of rotatable bonds is 4. The third-order valence-electron chi connectivity index (χ3n) is 1.08. The first-order valence-electron chi connectivity index (χ1n) is 3.34. The Balaban J connectivity index is 3.90. The van der Waals surface area contributed by atoms with Gasteiger partial charge in [0.25, 0.3) is 0 Å². The minimum atomic E-state index is 0.650. The van der Waals surface area contributed by atoms with Crippen LogP contribution in [0.15, 0.2) is 29.4 Å². The van der Waals surface area contributed by atoms with Crippen LogP contribution < -0.4 is 5.73 Å². The zero-order chi connectivity index (χ0) is 7.82. The average molecular weight is 138 g/mol. The summed E-state index contributed by atoms with van der Waals surface area (Å²) in [6, 6.07) is 0. The molecular formula is C8H14N2. The molecule has 0 aliphatic rings. The number of aliphatic imine (C=N–C) groups is 1. The minimum Gasteiger partial charge on any atom is -0.330 e. The summed E-state index contributed by atoms with van der Waals surface area (Å²) in [7, 11) is 0. The molecule has 0 bridgehead atoms. The van der Waals surface area contributed by atoms with Gasteiger partial charge in [-0.25, -0.2) is 0 Å². The summed E-state index contributed by atoms with van der Waals surface area (Å²) >= 11 is 0. The van der Waals surface area contributed by atoms with Crippen molar-refractivity contribution in [3.63, 3.8) is 0 Å². The molecule has 10 heavy (non-hydrogen) atoms. The molecule has 2 nitrogen and oxygen atoms in total. The highest BCUT2D eigenvalue weighted by Crippen LogP contribution is 1.99. The highest BCUT2D eigenvalue weighted by molar-refractivity contribution is 5.54. The maximum Gasteiger partial charge on any atom is 0.0296 e. The zero-order valence-electron chi connectivity index (χ0n) is 6.38. The molecule has 0 aromatic rings. The van der Waals surface area contributed by atoms with Gasteiger partial charge in [-0.1, -0.05) is 12.7 Å². The lowest BCUT2D eigenvalue weighted by atomic mass is 10.2. The SMILES string of the molecule is C=CC(=CN=CC)CCN. The molecule has 0 saturated carbocycles. The van der Waals surface area contributed by atoms with Gasteiger partial charge in [0, 0.05) is 12.4 Å². The van der Waals surface area contributed by atoms with Crippen molar-refractivity contribution in [2.45, 2.75) is 13.3 Å². The Kier molecular flexibility index (Phi) is 5.68. The molecule has 0 aromatic carbocycles. The van der Waals surface area contributed by atoms with Crippen LogP contribution in [-0.4, -0.2) is 12.8 Å². The highest BCUT2D eigenvalue weighted by Gasteiger charge is 1.85. The predicted octanol–water partition coefficient (Wildman–Crippen LogP) is 1.50. The van der Waals surface area contributed by atoms with Crippen LogP contribution in [0, 0.1) is 0 Å². The Morgan fingerprint density at radius 1 is 1.70 bits per heavy atom. The minimum absolute atomic E-state index is 0.650. The number of hydrogen-bond donors (Lipinski definition) is 1. The lowest BCUT2D eigenvalue weighted by Gasteiger charge is -1.93. The van der Waals surface area contributed by atoms with Gasteiger partial charge in [-0.2, -0.15) is 0 Å². The van der Waals surface area contributed by atoms with Crippen LogP contribution >= 0.6 is 0 Å². The van der Waals surface area contributed by atoms with E-state index in [0.717, 1.165) is 12.0 Å². The molecule has 0 fully saturated rings. The van der Waals surface area contributed by atoms with Gasteiger partial charge >= 0.3 is 0 Å². The van der Waals surface area contributed by atoms with Crippen molar-refractivity contribution >= 4 is 6.21 Å². The number of allylic oxidation sites excluding steroid dienone is 1. The quantitative estimate of drug-likeness (QED) is 0.464. The Morgan fingerprint density at radius 2 is 2.40 bits per heavy atom. The van der Waals surface area contributed by atoms with E-state index < -0.39 is 0 Å². The van der Waals surface area contributed by atoms with E-state index in [1.807, 2.05) is 6.92 Å². The van der Waals surface area contributed by atoms with Crippen molar-refractivity contribution in [2.75, 3.05) is 6.54 Å². The van der Waals surface area contributed by atoms with Gasteiger partial charge in [0.15, 0.2) is 0 Å². The first-order chi connectivity index (χ1) is 4.85. The molecular weight excluding hydrogens is 124 g/mol. The first kappa shape index (κ1) is 9.11. The third kappa shape index (κ3) is 4.04. The van der Waals surface area contributed by atoms with E-state index in [0.29, 0.717) is 6.54 Å². The predicted molar refractivity (Wildman–Crippen MR) is 46.1 cm³/mol. The maximum absolute atomic E-state index is 5.34. The zero-order valence-corrected chi connectivity index (χ0v) is 6.38. The normalized spacial score (nSPS) is 12.4. The van der Waals surface area contributed by atoms with E-state index in [1.54, 1.807) is 18.5 Å². The van der Waals surface area contributed by atoms with Gasteiger partial charge in [-0.15, -0.1) is 0 Å². The summed E-state index contributed by atoms with van der Waals surface area (Å²) in [6.07, 6.45) is 6.14. The lowest BCUT2D eigenvalue weighted by molar-refractivity contribution is 0.970. The van der Waals surface area contributed by atoms with Crippen LogP contribution in [0.2, 0.25) is 0 Å². The second-order valence-electron chi connectivity index (χ2n) is 1.85. The molecule has 2 N–H and O–H groups in total. The van der Waals surface area contributed by atoms with E-state index in [4.69, 9.17) is 5.73 Å². The summed E-state index contributed by atoms with van der Waals surface area (Å²) in [5.74, 6) is 0. The van der Waals surface area contributed by atoms with E-state index in [2.05, 4.69) is 11.6 Å². The molecule has 0 aliphatic carbocycles. The topological polar surface area (TPSA) is 38.4 Å². The molecule has 0 aromatic heterocycles. The molecule has 0 rings (SSSR count). The smallest absolute Gasteiger partial charge is 0.0296 e. The first-order valence-corrected chi connectivity index (χ1v) is 3.34. The summed E-state index contributed by atoms with van der Waals surface area (Å²) < 4.78 is 0. The third-order valence-corrected chi connectivity index (χ3v) is 1.08.